The van der Waals surface area contributed by atoms with Crippen molar-refractivity contribution in [2.75, 3.05) is 19.7 Å². The van der Waals surface area contributed by atoms with E-state index in [-0.39, 0.29) is 17.4 Å². The Morgan fingerprint density at radius 1 is 1.07 bits per heavy atom. The molecule has 3 atom stereocenters. The van der Waals surface area contributed by atoms with Crippen molar-refractivity contribution in [3.05, 3.63) is 29.8 Å². The lowest BCUT2D eigenvalue weighted by atomic mass is 9.86. The number of fused-ring (bicyclic) bond motifs is 1. The highest BCUT2D eigenvalue weighted by Gasteiger charge is 2.48. The molecule has 0 radical (unpaired) electrons. The van der Waals surface area contributed by atoms with Gasteiger partial charge in [0.15, 0.2) is 0 Å². The largest absolute Gasteiger partial charge is 0.465 e. The van der Waals surface area contributed by atoms with Crippen molar-refractivity contribution in [1.29, 1.82) is 0 Å². The third-order valence-corrected chi connectivity index (χ3v) is 6.61. The van der Waals surface area contributed by atoms with Gasteiger partial charge in [-0.05, 0) is 37.8 Å². The summed E-state index contributed by atoms with van der Waals surface area (Å²) in [7, 11) is -4.08. The lowest BCUT2D eigenvalue weighted by molar-refractivity contribution is 0.0235. The fourth-order valence-corrected chi connectivity index (χ4v) is 4.88. The highest BCUT2D eigenvalue weighted by molar-refractivity contribution is 7.86. The van der Waals surface area contributed by atoms with Crippen LogP contribution in [0.15, 0.2) is 29.2 Å². The third kappa shape index (κ3) is 3.86. The van der Waals surface area contributed by atoms with Gasteiger partial charge in [0.05, 0.1) is 23.6 Å². The van der Waals surface area contributed by atoms with Gasteiger partial charge in [-0.3, -0.25) is 4.18 Å². The molecule has 148 valence electrons. The van der Waals surface area contributed by atoms with Crippen molar-refractivity contribution in [3.63, 3.8) is 0 Å². The number of hydrogen-bond donors (Lipinski definition) is 2. The normalized spacial score (nSPS) is 25.3. The van der Waals surface area contributed by atoms with Crippen LogP contribution in [0.4, 0.5) is 9.59 Å². The van der Waals surface area contributed by atoms with Crippen LogP contribution in [0, 0.1) is 12.8 Å². The Kier molecular flexibility index (Phi) is 5.29. The molecule has 9 nitrogen and oxygen atoms in total. The molecule has 2 N–H and O–H groups in total. The molecule has 2 aliphatic heterocycles. The van der Waals surface area contributed by atoms with Crippen LogP contribution in [0.1, 0.15) is 18.4 Å². The summed E-state index contributed by atoms with van der Waals surface area (Å²) in [5.41, 5.74) is 0.893. The zero-order valence-corrected chi connectivity index (χ0v) is 15.6. The van der Waals surface area contributed by atoms with E-state index >= 15 is 0 Å². The van der Waals surface area contributed by atoms with E-state index < -0.39 is 41.0 Å². The van der Waals surface area contributed by atoms with Crippen LogP contribution in [-0.4, -0.2) is 72.4 Å². The fraction of sp³-hybridized carbons (Fsp3) is 0.529. The van der Waals surface area contributed by atoms with Gasteiger partial charge in [0.25, 0.3) is 10.1 Å². The van der Waals surface area contributed by atoms with E-state index in [0.717, 1.165) is 10.5 Å². The van der Waals surface area contributed by atoms with Gasteiger partial charge < -0.3 is 20.0 Å². The SMILES string of the molecule is Cc1ccc(S(=O)(=O)OCC2C3C(CCN2C(=O)O)CCN3C(=O)O)cc1. The van der Waals surface area contributed by atoms with Crippen LogP contribution in [0.5, 0.6) is 0 Å². The number of likely N-dealkylation sites (tertiary alicyclic amines) is 2. The minimum absolute atomic E-state index is 0.00706. The Labute approximate surface area is 157 Å². The molecule has 2 amide bonds. The van der Waals surface area contributed by atoms with Crippen LogP contribution in [0.25, 0.3) is 0 Å². The molecule has 3 unspecified atom stereocenters. The zero-order valence-electron chi connectivity index (χ0n) is 14.8. The molecule has 0 aliphatic carbocycles. The van der Waals surface area contributed by atoms with E-state index in [9.17, 15) is 28.2 Å². The number of aryl methyl sites for hydroxylation is 1. The van der Waals surface area contributed by atoms with Crippen LogP contribution >= 0.6 is 0 Å². The van der Waals surface area contributed by atoms with Crippen LogP contribution in [-0.2, 0) is 14.3 Å². The van der Waals surface area contributed by atoms with Crippen molar-refractivity contribution in [2.24, 2.45) is 5.92 Å². The average Bonchev–Trinajstić information content (AvgIpc) is 3.04. The molecular formula is C17H22N2O7S. The molecule has 3 rings (SSSR count). The molecule has 0 aromatic heterocycles. The van der Waals surface area contributed by atoms with E-state index in [1.165, 1.54) is 17.0 Å². The van der Waals surface area contributed by atoms with Crippen molar-refractivity contribution < 1.29 is 32.4 Å². The van der Waals surface area contributed by atoms with Crippen molar-refractivity contribution in [2.45, 2.75) is 36.7 Å². The number of piperidine rings is 1. The number of amides is 2. The summed E-state index contributed by atoms with van der Waals surface area (Å²) < 4.78 is 30.1. The Hall–Kier alpha value is -2.33. The molecule has 0 saturated carbocycles. The quantitative estimate of drug-likeness (QED) is 0.741. The molecule has 0 bridgehead atoms. The lowest BCUT2D eigenvalue weighted by Crippen LogP contribution is -2.60. The third-order valence-electron chi connectivity index (χ3n) is 5.31. The molecule has 1 aromatic carbocycles. The van der Waals surface area contributed by atoms with Crippen LogP contribution < -0.4 is 0 Å². The predicted molar refractivity (Wildman–Crippen MR) is 94.1 cm³/mol. The van der Waals surface area contributed by atoms with Gasteiger partial charge in [0.2, 0.25) is 0 Å². The van der Waals surface area contributed by atoms with Gasteiger partial charge in [0.1, 0.15) is 0 Å². The molecule has 2 fully saturated rings. The van der Waals surface area contributed by atoms with E-state index in [2.05, 4.69) is 0 Å². The Balaban J connectivity index is 1.83. The lowest BCUT2D eigenvalue weighted by Gasteiger charge is -2.43. The van der Waals surface area contributed by atoms with Crippen molar-refractivity contribution in [1.82, 2.24) is 9.80 Å². The van der Waals surface area contributed by atoms with Crippen molar-refractivity contribution in [3.8, 4) is 0 Å². The average molecular weight is 398 g/mol. The standard InChI is InChI=1S/C17H22N2O7S/c1-11-2-4-13(5-3-11)27(24,25)26-10-14-15-12(6-8-18(14)16(20)21)7-9-19(15)17(22)23/h2-5,12,14-15H,6-10H2,1H3,(H,20,21)(H,22,23). The topological polar surface area (TPSA) is 124 Å². The number of carbonyl (C=O) groups is 2. The highest BCUT2D eigenvalue weighted by Crippen LogP contribution is 2.36. The van der Waals surface area contributed by atoms with Gasteiger partial charge in [0, 0.05) is 13.1 Å². The summed E-state index contributed by atoms with van der Waals surface area (Å²) in [6.45, 7) is 1.93. The summed E-state index contributed by atoms with van der Waals surface area (Å²) in [5.74, 6) is -0.00706. The first kappa shape index (κ1) is 19.4. The van der Waals surface area contributed by atoms with Gasteiger partial charge in [-0.2, -0.15) is 8.42 Å². The predicted octanol–water partition coefficient (Wildman–Crippen LogP) is 1.82. The second-order valence-electron chi connectivity index (χ2n) is 6.90. The number of hydrogen-bond acceptors (Lipinski definition) is 5. The number of rotatable bonds is 4. The summed E-state index contributed by atoms with van der Waals surface area (Å²) in [4.78, 5) is 25.4. The fourth-order valence-electron chi connectivity index (χ4n) is 3.95. The first-order chi connectivity index (χ1) is 12.7. The second kappa shape index (κ2) is 7.35. The maximum absolute atomic E-state index is 12.5. The molecule has 2 aliphatic rings. The zero-order chi connectivity index (χ0) is 19.8. The van der Waals surface area contributed by atoms with E-state index in [1.54, 1.807) is 12.1 Å². The Morgan fingerprint density at radius 2 is 1.63 bits per heavy atom. The summed E-state index contributed by atoms with van der Waals surface area (Å²) in [6, 6.07) is 4.63. The molecule has 0 spiro atoms. The number of benzene rings is 1. The first-order valence-corrected chi connectivity index (χ1v) is 10.1. The number of nitrogens with zero attached hydrogens (tertiary/aromatic N) is 2. The number of carboxylic acid groups (broad SMARTS) is 2. The smallest absolute Gasteiger partial charge is 0.407 e. The van der Waals surface area contributed by atoms with E-state index in [1.807, 2.05) is 6.92 Å². The molecule has 10 heteroatoms. The van der Waals surface area contributed by atoms with Gasteiger partial charge in [-0.1, -0.05) is 17.7 Å². The maximum Gasteiger partial charge on any atom is 0.407 e. The molecular weight excluding hydrogens is 376 g/mol. The van der Waals surface area contributed by atoms with Crippen molar-refractivity contribution >= 4 is 22.3 Å². The van der Waals surface area contributed by atoms with E-state index in [4.69, 9.17) is 4.18 Å². The Morgan fingerprint density at radius 3 is 2.19 bits per heavy atom. The van der Waals surface area contributed by atoms with Gasteiger partial charge in [-0.15, -0.1) is 0 Å². The monoisotopic (exact) mass is 398 g/mol. The van der Waals surface area contributed by atoms with Gasteiger partial charge >= 0.3 is 12.2 Å². The highest BCUT2D eigenvalue weighted by atomic mass is 32.2. The molecule has 2 saturated heterocycles. The van der Waals surface area contributed by atoms with E-state index in [0.29, 0.717) is 19.4 Å². The van der Waals surface area contributed by atoms with Crippen LogP contribution in [0.2, 0.25) is 0 Å². The van der Waals surface area contributed by atoms with Crippen LogP contribution in [0.3, 0.4) is 0 Å². The molecule has 2 heterocycles. The van der Waals surface area contributed by atoms with Gasteiger partial charge in [-0.25, -0.2) is 9.59 Å². The summed E-state index contributed by atoms with van der Waals surface area (Å²) in [6.07, 6.45) is -1.18. The minimum Gasteiger partial charge on any atom is -0.465 e. The summed E-state index contributed by atoms with van der Waals surface area (Å²) >= 11 is 0. The maximum atomic E-state index is 12.5. The summed E-state index contributed by atoms with van der Waals surface area (Å²) in [5, 5.41) is 18.9. The first-order valence-electron chi connectivity index (χ1n) is 8.66. The Bertz CT molecular complexity index is 824. The molecule has 1 aromatic rings. The molecule has 27 heavy (non-hydrogen) atoms. The second-order valence-corrected chi connectivity index (χ2v) is 8.51. The minimum atomic E-state index is -4.08.